The van der Waals surface area contributed by atoms with Crippen LogP contribution in [-0.2, 0) is 0 Å². The van der Waals surface area contributed by atoms with E-state index in [1.54, 1.807) is 0 Å². The summed E-state index contributed by atoms with van der Waals surface area (Å²) in [6.07, 6.45) is 0. The van der Waals surface area contributed by atoms with Gasteiger partial charge in [-0.2, -0.15) is 0 Å². The van der Waals surface area contributed by atoms with Crippen LogP contribution in [0.25, 0.3) is 0 Å². The molecule has 20 heavy (non-hydrogen) atoms. The van der Waals surface area contributed by atoms with Gasteiger partial charge in [0.1, 0.15) is 0 Å². The zero-order chi connectivity index (χ0) is 14.7. The van der Waals surface area contributed by atoms with Crippen LogP contribution in [0.5, 0.6) is 0 Å². The maximum Gasteiger partial charge on any atom is 0.0687 e. The number of para-hydroxylation sites is 1. The van der Waals surface area contributed by atoms with Crippen molar-refractivity contribution >= 4 is 28.5 Å². The Balaban J connectivity index is 2.57. The summed E-state index contributed by atoms with van der Waals surface area (Å²) < 4.78 is 0. The monoisotopic (exact) mass is 284 g/mol. The minimum atomic E-state index is 0.887. The van der Waals surface area contributed by atoms with Crippen LogP contribution < -0.4 is 9.80 Å². The highest BCUT2D eigenvalue weighted by Gasteiger charge is 2.15. The lowest BCUT2D eigenvalue weighted by atomic mass is 10.0. The van der Waals surface area contributed by atoms with Crippen LogP contribution in [0.2, 0.25) is 0 Å². The van der Waals surface area contributed by atoms with Gasteiger partial charge in [0.05, 0.1) is 16.2 Å². The number of benzene rings is 2. The number of thiocarbonyl (C=S) groups is 1. The van der Waals surface area contributed by atoms with Gasteiger partial charge in [-0.15, -0.1) is 0 Å². The molecule has 0 amide bonds. The molecule has 0 saturated carbocycles. The van der Waals surface area contributed by atoms with Gasteiger partial charge >= 0.3 is 0 Å². The molecule has 0 unspecified atom stereocenters. The van der Waals surface area contributed by atoms with E-state index in [0.717, 1.165) is 21.7 Å². The van der Waals surface area contributed by atoms with Crippen molar-refractivity contribution < 1.29 is 0 Å². The van der Waals surface area contributed by atoms with Crippen molar-refractivity contribution in [3.8, 4) is 0 Å². The predicted octanol–water partition coefficient (Wildman–Crippen LogP) is 3.58. The van der Waals surface area contributed by atoms with Crippen molar-refractivity contribution in [2.45, 2.75) is 0 Å². The van der Waals surface area contributed by atoms with E-state index in [-0.39, 0.29) is 0 Å². The molecule has 104 valence electrons. The zero-order valence-electron chi connectivity index (χ0n) is 12.4. The van der Waals surface area contributed by atoms with Gasteiger partial charge in [0.15, 0.2) is 0 Å². The van der Waals surface area contributed by atoms with Crippen LogP contribution in [0, 0.1) is 0 Å². The van der Waals surface area contributed by atoms with E-state index in [1.165, 1.54) is 5.69 Å². The van der Waals surface area contributed by atoms with Crippen LogP contribution in [0.3, 0.4) is 0 Å². The molecule has 0 aliphatic rings. The van der Waals surface area contributed by atoms with Crippen LogP contribution in [0.15, 0.2) is 48.5 Å². The van der Waals surface area contributed by atoms with E-state index in [9.17, 15) is 0 Å². The van der Waals surface area contributed by atoms with Gasteiger partial charge in [-0.05, 0) is 11.6 Å². The third-order valence-corrected chi connectivity index (χ3v) is 3.68. The van der Waals surface area contributed by atoms with Gasteiger partial charge in [-0.3, -0.25) is 0 Å². The van der Waals surface area contributed by atoms with Crippen molar-refractivity contribution in [3.05, 3.63) is 59.7 Å². The molecule has 0 atom stereocenters. The van der Waals surface area contributed by atoms with Crippen molar-refractivity contribution in [3.63, 3.8) is 0 Å². The lowest BCUT2D eigenvalue weighted by molar-refractivity contribution is 1.07. The molecule has 0 bridgehead atoms. The van der Waals surface area contributed by atoms with Gasteiger partial charge in [0, 0.05) is 33.8 Å². The quantitative estimate of drug-likeness (QED) is 0.626. The fraction of sp³-hybridized carbons (Fsp3) is 0.235. The average molecular weight is 284 g/mol. The summed E-state index contributed by atoms with van der Waals surface area (Å²) in [5, 5.41) is 0. The average Bonchev–Trinajstić information content (AvgIpc) is 2.46. The summed E-state index contributed by atoms with van der Waals surface area (Å²) in [6.45, 7) is 0. The van der Waals surface area contributed by atoms with Crippen molar-refractivity contribution in [2.75, 3.05) is 38.0 Å². The summed E-state index contributed by atoms with van der Waals surface area (Å²) in [7, 11) is 8.22. The van der Waals surface area contributed by atoms with E-state index < -0.39 is 0 Å². The molecular formula is C17H20N2S. The first kappa shape index (κ1) is 14.5. The van der Waals surface area contributed by atoms with E-state index in [4.69, 9.17) is 12.2 Å². The Kier molecular flexibility index (Phi) is 4.40. The highest BCUT2D eigenvalue weighted by molar-refractivity contribution is 7.81. The standard InChI is InChI=1S/C17H20N2S/c1-18(2)15-12-8-11-14(16(15)19(3)4)17(20)13-9-6-5-7-10-13/h5-12H,1-4H3. The minimum Gasteiger partial charge on any atom is -0.376 e. The fourth-order valence-electron chi connectivity index (χ4n) is 2.29. The molecule has 2 aromatic carbocycles. The summed E-state index contributed by atoms with van der Waals surface area (Å²) in [6, 6.07) is 16.4. The molecule has 0 fully saturated rings. The van der Waals surface area contributed by atoms with Gasteiger partial charge in [0.2, 0.25) is 0 Å². The van der Waals surface area contributed by atoms with Crippen LogP contribution in [-0.4, -0.2) is 33.1 Å². The Morgan fingerprint density at radius 1 is 0.800 bits per heavy atom. The molecule has 0 aliphatic heterocycles. The molecule has 0 heterocycles. The molecule has 0 saturated heterocycles. The number of anilines is 2. The molecule has 2 nitrogen and oxygen atoms in total. The zero-order valence-corrected chi connectivity index (χ0v) is 13.2. The Morgan fingerprint density at radius 3 is 2.00 bits per heavy atom. The lowest BCUT2D eigenvalue weighted by Gasteiger charge is -2.25. The molecule has 0 spiro atoms. The lowest BCUT2D eigenvalue weighted by Crippen LogP contribution is -2.20. The highest BCUT2D eigenvalue weighted by atomic mass is 32.1. The predicted molar refractivity (Wildman–Crippen MR) is 92.3 cm³/mol. The van der Waals surface area contributed by atoms with Crippen molar-refractivity contribution in [1.82, 2.24) is 0 Å². The Morgan fingerprint density at radius 2 is 1.45 bits per heavy atom. The first-order valence-corrected chi connectivity index (χ1v) is 7.00. The molecule has 0 radical (unpaired) electrons. The number of hydrogen-bond acceptors (Lipinski definition) is 3. The van der Waals surface area contributed by atoms with Crippen molar-refractivity contribution in [1.29, 1.82) is 0 Å². The second kappa shape index (κ2) is 6.06. The summed E-state index contributed by atoms with van der Waals surface area (Å²) in [5.74, 6) is 0. The number of rotatable bonds is 4. The normalized spacial score (nSPS) is 10.2. The molecule has 2 aromatic rings. The Bertz CT molecular complexity index is 604. The minimum absolute atomic E-state index is 0.887. The van der Waals surface area contributed by atoms with E-state index >= 15 is 0 Å². The molecule has 0 N–H and O–H groups in total. The van der Waals surface area contributed by atoms with Crippen LogP contribution >= 0.6 is 12.2 Å². The van der Waals surface area contributed by atoms with E-state index in [1.807, 2.05) is 18.2 Å². The summed E-state index contributed by atoms with van der Waals surface area (Å²) in [4.78, 5) is 5.13. The molecule has 3 heteroatoms. The van der Waals surface area contributed by atoms with E-state index in [0.29, 0.717) is 0 Å². The molecular weight excluding hydrogens is 264 g/mol. The van der Waals surface area contributed by atoms with Gasteiger partial charge in [-0.1, -0.05) is 54.7 Å². The molecule has 2 rings (SSSR count). The maximum absolute atomic E-state index is 5.69. The van der Waals surface area contributed by atoms with Gasteiger partial charge in [0.25, 0.3) is 0 Å². The number of nitrogens with zero attached hydrogens (tertiary/aromatic N) is 2. The second-order valence-electron chi connectivity index (χ2n) is 5.16. The van der Waals surface area contributed by atoms with Crippen LogP contribution in [0.1, 0.15) is 11.1 Å². The first-order chi connectivity index (χ1) is 9.52. The summed E-state index contributed by atoms with van der Waals surface area (Å²) in [5.41, 5.74) is 4.51. The topological polar surface area (TPSA) is 6.48 Å². The first-order valence-electron chi connectivity index (χ1n) is 6.59. The smallest absolute Gasteiger partial charge is 0.0687 e. The third-order valence-electron chi connectivity index (χ3n) is 3.22. The highest BCUT2D eigenvalue weighted by Crippen LogP contribution is 2.32. The molecule has 0 aliphatic carbocycles. The van der Waals surface area contributed by atoms with Gasteiger partial charge in [-0.25, -0.2) is 0 Å². The largest absolute Gasteiger partial charge is 0.376 e. The Labute approximate surface area is 126 Å². The Hall–Kier alpha value is -1.87. The number of hydrogen-bond donors (Lipinski definition) is 0. The SMILES string of the molecule is CN(C)c1cccc(C(=S)c2ccccc2)c1N(C)C. The van der Waals surface area contributed by atoms with Crippen LogP contribution in [0.4, 0.5) is 11.4 Å². The third kappa shape index (κ3) is 2.83. The van der Waals surface area contributed by atoms with Gasteiger partial charge < -0.3 is 9.80 Å². The second-order valence-corrected chi connectivity index (χ2v) is 5.57. The molecule has 0 aromatic heterocycles. The fourth-order valence-corrected chi connectivity index (χ4v) is 2.59. The van der Waals surface area contributed by atoms with Crippen molar-refractivity contribution in [2.24, 2.45) is 0 Å². The summed E-state index contributed by atoms with van der Waals surface area (Å²) >= 11 is 5.69. The van der Waals surface area contributed by atoms with E-state index in [2.05, 4.69) is 68.3 Å². The maximum atomic E-state index is 5.69.